The van der Waals surface area contributed by atoms with E-state index in [0.29, 0.717) is 5.69 Å². The van der Waals surface area contributed by atoms with Crippen molar-refractivity contribution in [3.05, 3.63) is 35.0 Å². The van der Waals surface area contributed by atoms with Gasteiger partial charge in [0.1, 0.15) is 16.1 Å². The molecule has 0 spiro atoms. The van der Waals surface area contributed by atoms with E-state index in [1.165, 1.54) is 11.3 Å². The van der Waals surface area contributed by atoms with E-state index in [4.69, 9.17) is 0 Å². The lowest BCUT2D eigenvalue weighted by Crippen LogP contribution is -2.28. The van der Waals surface area contributed by atoms with Gasteiger partial charge in [0.05, 0.1) is 5.69 Å². The summed E-state index contributed by atoms with van der Waals surface area (Å²) >= 11 is 1.44. The molecule has 0 bridgehead atoms. The number of carboxylic acids is 1. The molecule has 100 valence electrons. The fourth-order valence-corrected chi connectivity index (χ4v) is 2.71. The summed E-state index contributed by atoms with van der Waals surface area (Å²) in [7, 11) is 0. The fourth-order valence-electron chi connectivity index (χ4n) is 1.70. The van der Waals surface area contributed by atoms with E-state index in [-0.39, 0.29) is 0 Å². The van der Waals surface area contributed by atoms with Gasteiger partial charge in [0.15, 0.2) is 0 Å². The minimum absolute atomic E-state index is 0.577. The average Bonchev–Trinajstić information content (AvgIpc) is 2.88. The summed E-state index contributed by atoms with van der Waals surface area (Å²) in [5.41, 5.74) is 1.57. The maximum Gasteiger partial charge on any atom is 0.315 e. The quantitative estimate of drug-likeness (QED) is 0.931. The highest BCUT2D eigenvalue weighted by Crippen LogP contribution is 2.30. The van der Waals surface area contributed by atoms with Crippen LogP contribution in [-0.4, -0.2) is 21.0 Å². The average molecular weight is 276 g/mol. The Balaban J connectivity index is 2.44. The van der Waals surface area contributed by atoms with E-state index >= 15 is 0 Å². The summed E-state index contributed by atoms with van der Waals surface area (Å²) in [5, 5.41) is 11.8. The lowest BCUT2D eigenvalue weighted by atomic mass is 9.90. The first-order valence-electron chi connectivity index (χ1n) is 6.10. The Labute approximate surface area is 116 Å². The van der Waals surface area contributed by atoms with Gasteiger partial charge in [-0.15, -0.1) is 11.3 Å². The Morgan fingerprint density at radius 2 is 2.21 bits per heavy atom. The summed E-state index contributed by atoms with van der Waals surface area (Å²) in [4.78, 5) is 20.1. The van der Waals surface area contributed by atoms with Gasteiger partial charge in [-0.1, -0.05) is 13.0 Å². The minimum Gasteiger partial charge on any atom is -0.481 e. The van der Waals surface area contributed by atoms with Crippen molar-refractivity contribution in [1.82, 2.24) is 9.97 Å². The van der Waals surface area contributed by atoms with Gasteiger partial charge in [-0.25, -0.2) is 4.98 Å². The van der Waals surface area contributed by atoms with Crippen LogP contribution in [-0.2, 0) is 16.6 Å². The second-order valence-electron chi connectivity index (χ2n) is 4.83. The highest BCUT2D eigenvalue weighted by Gasteiger charge is 2.32. The minimum atomic E-state index is -0.976. The molecule has 0 saturated heterocycles. The molecular formula is C14H16N2O2S. The summed E-state index contributed by atoms with van der Waals surface area (Å²) in [6.45, 7) is 5.39. The number of aryl methyl sites for hydroxylation is 1. The molecule has 0 unspecified atom stereocenters. The summed E-state index contributed by atoms with van der Waals surface area (Å²) in [5.74, 6) is -0.874. The van der Waals surface area contributed by atoms with Crippen molar-refractivity contribution in [2.24, 2.45) is 0 Å². The number of hydrogen-bond donors (Lipinski definition) is 1. The topological polar surface area (TPSA) is 63.1 Å². The third-order valence-electron chi connectivity index (χ3n) is 3.15. The smallest absolute Gasteiger partial charge is 0.315 e. The Kier molecular flexibility index (Phi) is 3.66. The van der Waals surface area contributed by atoms with E-state index in [1.807, 2.05) is 12.1 Å². The molecule has 0 saturated carbocycles. The first kappa shape index (κ1) is 13.7. The van der Waals surface area contributed by atoms with Crippen LogP contribution >= 0.6 is 11.3 Å². The van der Waals surface area contributed by atoms with Gasteiger partial charge < -0.3 is 5.11 Å². The molecule has 0 fully saturated rings. The van der Waals surface area contributed by atoms with Crippen molar-refractivity contribution < 1.29 is 9.90 Å². The van der Waals surface area contributed by atoms with Crippen LogP contribution in [0.5, 0.6) is 0 Å². The van der Waals surface area contributed by atoms with Crippen molar-refractivity contribution in [3.63, 3.8) is 0 Å². The van der Waals surface area contributed by atoms with Crippen LogP contribution in [0.2, 0.25) is 0 Å². The second kappa shape index (κ2) is 5.09. The van der Waals surface area contributed by atoms with E-state index in [1.54, 1.807) is 25.4 Å². The summed E-state index contributed by atoms with van der Waals surface area (Å²) in [6.07, 6.45) is 2.61. The molecule has 1 N–H and O–H groups in total. The molecule has 0 aliphatic heterocycles. The van der Waals surface area contributed by atoms with E-state index < -0.39 is 11.4 Å². The van der Waals surface area contributed by atoms with Crippen molar-refractivity contribution in [2.75, 3.05) is 0 Å². The van der Waals surface area contributed by atoms with Gasteiger partial charge >= 0.3 is 5.97 Å². The number of thiazole rings is 1. The first-order valence-corrected chi connectivity index (χ1v) is 6.98. The molecule has 2 rings (SSSR count). The molecule has 0 atom stereocenters. The molecule has 2 aromatic heterocycles. The molecule has 4 nitrogen and oxygen atoms in total. The lowest BCUT2D eigenvalue weighted by molar-refractivity contribution is -0.142. The number of nitrogens with zero attached hydrogens (tertiary/aromatic N) is 2. The zero-order chi connectivity index (χ0) is 14.0. The molecule has 0 aliphatic rings. The maximum atomic E-state index is 11.2. The summed E-state index contributed by atoms with van der Waals surface area (Å²) in [6, 6.07) is 3.92. The number of hydrogen-bond acceptors (Lipinski definition) is 4. The normalized spacial score (nSPS) is 11.5. The molecule has 0 radical (unpaired) electrons. The Bertz CT molecular complexity index is 605. The van der Waals surface area contributed by atoms with E-state index in [2.05, 4.69) is 16.9 Å². The van der Waals surface area contributed by atoms with Crippen LogP contribution in [0.1, 0.15) is 32.0 Å². The Hall–Kier alpha value is -1.75. The molecule has 2 aromatic rings. The maximum absolute atomic E-state index is 11.2. The number of aromatic nitrogens is 2. The third-order valence-corrected chi connectivity index (χ3v) is 4.00. The molecule has 5 heteroatoms. The molecule has 0 aliphatic carbocycles. The molecule has 2 heterocycles. The standard InChI is InChI=1S/C14H16N2O2S/c1-4-9-6-5-7-15-11(9)12-16-10(8-19-12)14(2,3)13(17)18/h5-8H,4H2,1-3H3,(H,17,18). The largest absolute Gasteiger partial charge is 0.481 e. The van der Waals surface area contributed by atoms with Gasteiger partial charge in [0.25, 0.3) is 0 Å². The molecular weight excluding hydrogens is 260 g/mol. The van der Waals surface area contributed by atoms with Crippen LogP contribution in [0.25, 0.3) is 10.7 Å². The van der Waals surface area contributed by atoms with Gasteiger partial charge in [0.2, 0.25) is 0 Å². The number of rotatable bonds is 4. The Morgan fingerprint density at radius 1 is 1.47 bits per heavy atom. The molecule has 0 aromatic carbocycles. The zero-order valence-corrected chi connectivity index (χ0v) is 12.0. The van der Waals surface area contributed by atoms with Crippen LogP contribution in [0, 0.1) is 0 Å². The zero-order valence-electron chi connectivity index (χ0n) is 11.2. The number of pyridine rings is 1. The number of aliphatic carboxylic acids is 1. The number of carbonyl (C=O) groups is 1. The SMILES string of the molecule is CCc1cccnc1-c1nc(C(C)(C)C(=O)O)cs1. The van der Waals surface area contributed by atoms with Gasteiger partial charge in [-0.3, -0.25) is 9.78 Å². The van der Waals surface area contributed by atoms with Crippen LogP contribution in [0.15, 0.2) is 23.7 Å². The monoisotopic (exact) mass is 276 g/mol. The van der Waals surface area contributed by atoms with Crippen LogP contribution < -0.4 is 0 Å². The van der Waals surface area contributed by atoms with Crippen molar-refractivity contribution in [1.29, 1.82) is 0 Å². The van der Waals surface area contributed by atoms with Crippen LogP contribution in [0.4, 0.5) is 0 Å². The number of carboxylic acid groups (broad SMARTS) is 1. The first-order chi connectivity index (χ1) is 8.96. The highest BCUT2D eigenvalue weighted by atomic mass is 32.1. The van der Waals surface area contributed by atoms with Gasteiger partial charge in [-0.05, 0) is 31.9 Å². The van der Waals surface area contributed by atoms with Gasteiger partial charge in [-0.2, -0.15) is 0 Å². The summed E-state index contributed by atoms with van der Waals surface area (Å²) < 4.78 is 0. The lowest BCUT2D eigenvalue weighted by Gasteiger charge is -2.15. The predicted octanol–water partition coefficient (Wildman–Crippen LogP) is 3.13. The fraction of sp³-hybridized carbons (Fsp3) is 0.357. The van der Waals surface area contributed by atoms with Crippen molar-refractivity contribution >= 4 is 17.3 Å². The molecule has 19 heavy (non-hydrogen) atoms. The van der Waals surface area contributed by atoms with Gasteiger partial charge in [0, 0.05) is 11.6 Å². The van der Waals surface area contributed by atoms with Crippen molar-refractivity contribution in [3.8, 4) is 10.7 Å². The Morgan fingerprint density at radius 3 is 2.84 bits per heavy atom. The van der Waals surface area contributed by atoms with Crippen molar-refractivity contribution in [2.45, 2.75) is 32.6 Å². The predicted molar refractivity (Wildman–Crippen MR) is 75.4 cm³/mol. The highest BCUT2D eigenvalue weighted by molar-refractivity contribution is 7.13. The van der Waals surface area contributed by atoms with Crippen LogP contribution in [0.3, 0.4) is 0 Å². The third kappa shape index (κ3) is 2.51. The second-order valence-corrected chi connectivity index (χ2v) is 5.69. The molecule has 0 amide bonds. The van der Waals surface area contributed by atoms with E-state index in [9.17, 15) is 9.90 Å². The van der Waals surface area contributed by atoms with E-state index in [0.717, 1.165) is 22.7 Å².